The molecular formula is C19H16BrN3O3S. The molecule has 6 nitrogen and oxygen atoms in total. The molecule has 27 heavy (non-hydrogen) atoms. The number of nitrogens with zero attached hydrogens (tertiary/aromatic N) is 1. The van der Waals surface area contributed by atoms with E-state index in [9.17, 15) is 4.79 Å². The number of hydrogen-bond acceptors (Lipinski definition) is 5. The Kier molecular flexibility index (Phi) is 5.09. The highest BCUT2D eigenvalue weighted by molar-refractivity contribution is 9.10. The lowest BCUT2D eigenvalue weighted by Gasteiger charge is -2.11. The Morgan fingerprint density at radius 2 is 2.00 bits per heavy atom. The number of aromatic nitrogens is 2. The second-order valence-corrected chi connectivity index (χ2v) is 8.17. The summed E-state index contributed by atoms with van der Waals surface area (Å²) in [4.78, 5) is 20.1. The summed E-state index contributed by atoms with van der Waals surface area (Å²) >= 11 is 4.80. The molecule has 1 aliphatic heterocycles. The van der Waals surface area contributed by atoms with E-state index in [1.54, 1.807) is 24.4 Å². The highest BCUT2D eigenvalue weighted by Gasteiger charge is 2.19. The number of aromatic amines is 1. The second-order valence-electron chi connectivity index (χ2n) is 5.93. The minimum Gasteiger partial charge on any atom is -0.454 e. The van der Waals surface area contributed by atoms with Crippen molar-refractivity contribution in [2.45, 2.75) is 17.3 Å². The molecule has 2 aromatic carbocycles. The van der Waals surface area contributed by atoms with Gasteiger partial charge < -0.3 is 19.8 Å². The number of thioether (sulfide) groups is 1. The van der Waals surface area contributed by atoms with E-state index in [0.29, 0.717) is 22.3 Å². The van der Waals surface area contributed by atoms with Crippen LogP contribution in [0.1, 0.15) is 6.92 Å². The van der Waals surface area contributed by atoms with E-state index in [-0.39, 0.29) is 18.0 Å². The molecule has 0 spiro atoms. The Labute approximate surface area is 168 Å². The standard InChI is InChI=1S/C19H16BrN3O3S/c1-11(18(24)22-14-6-7-16-17(8-14)26-10-25-16)27-19-21-9-15(23-19)12-2-4-13(20)5-3-12/h2-9,11H,10H2,1H3,(H,21,23)(H,22,24). The van der Waals surface area contributed by atoms with Crippen molar-refractivity contribution in [3.63, 3.8) is 0 Å². The third-order valence-corrected chi connectivity index (χ3v) is 5.53. The first-order valence-electron chi connectivity index (χ1n) is 8.26. The molecule has 0 saturated carbocycles. The van der Waals surface area contributed by atoms with Crippen molar-refractivity contribution in [1.29, 1.82) is 0 Å². The van der Waals surface area contributed by atoms with Crippen molar-refractivity contribution in [2.24, 2.45) is 0 Å². The third kappa shape index (κ3) is 4.12. The number of rotatable bonds is 5. The average Bonchev–Trinajstić information content (AvgIpc) is 3.31. The number of amides is 1. The Balaban J connectivity index is 1.39. The summed E-state index contributed by atoms with van der Waals surface area (Å²) in [5, 5.41) is 3.27. The zero-order valence-corrected chi connectivity index (χ0v) is 16.8. The number of carbonyl (C=O) groups excluding carboxylic acids is 1. The lowest BCUT2D eigenvalue weighted by atomic mass is 10.2. The molecule has 1 unspecified atom stereocenters. The van der Waals surface area contributed by atoms with E-state index in [0.717, 1.165) is 15.7 Å². The quantitative estimate of drug-likeness (QED) is 0.557. The maximum absolute atomic E-state index is 12.5. The lowest BCUT2D eigenvalue weighted by molar-refractivity contribution is -0.115. The molecule has 0 saturated heterocycles. The van der Waals surface area contributed by atoms with Gasteiger partial charge in [-0.3, -0.25) is 4.79 Å². The minimum absolute atomic E-state index is 0.111. The second kappa shape index (κ2) is 7.66. The van der Waals surface area contributed by atoms with Gasteiger partial charge in [0.2, 0.25) is 12.7 Å². The van der Waals surface area contributed by atoms with Crippen molar-refractivity contribution in [2.75, 3.05) is 12.1 Å². The molecule has 0 radical (unpaired) electrons. The normalized spacial score (nSPS) is 13.4. The number of halogens is 1. The van der Waals surface area contributed by atoms with Crippen LogP contribution >= 0.6 is 27.7 Å². The van der Waals surface area contributed by atoms with E-state index in [2.05, 4.69) is 31.2 Å². The first-order chi connectivity index (χ1) is 13.1. The molecule has 4 rings (SSSR count). The Morgan fingerprint density at radius 3 is 2.81 bits per heavy atom. The SMILES string of the molecule is CC(Sc1ncc(-c2ccc(Br)cc2)[nH]1)C(=O)Nc1ccc2c(c1)OCO2. The van der Waals surface area contributed by atoms with Crippen molar-refractivity contribution < 1.29 is 14.3 Å². The van der Waals surface area contributed by atoms with Gasteiger partial charge in [-0.15, -0.1) is 0 Å². The third-order valence-electron chi connectivity index (χ3n) is 4.01. The van der Waals surface area contributed by atoms with Crippen LogP contribution in [0.15, 0.2) is 58.3 Å². The van der Waals surface area contributed by atoms with Crippen LogP contribution in [0.25, 0.3) is 11.3 Å². The fourth-order valence-electron chi connectivity index (χ4n) is 2.58. The molecule has 2 heterocycles. The van der Waals surface area contributed by atoms with Crippen molar-refractivity contribution >= 4 is 39.3 Å². The number of nitrogens with one attached hydrogen (secondary N) is 2. The summed E-state index contributed by atoms with van der Waals surface area (Å²) in [5.74, 6) is 1.21. The van der Waals surface area contributed by atoms with E-state index >= 15 is 0 Å². The highest BCUT2D eigenvalue weighted by Crippen LogP contribution is 2.34. The van der Waals surface area contributed by atoms with E-state index in [1.807, 2.05) is 31.2 Å². The van der Waals surface area contributed by atoms with Crippen LogP contribution in [0.2, 0.25) is 0 Å². The van der Waals surface area contributed by atoms with Crippen LogP contribution < -0.4 is 14.8 Å². The maximum Gasteiger partial charge on any atom is 0.237 e. The molecule has 1 atom stereocenters. The average molecular weight is 446 g/mol. The van der Waals surface area contributed by atoms with Crippen LogP contribution in [0.5, 0.6) is 11.5 Å². The van der Waals surface area contributed by atoms with Gasteiger partial charge in [0.1, 0.15) is 0 Å². The summed E-state index contributed by atoms with van der Waals surface area (Å²) in [6.07, 6.45) is 1.77. The summed E-state index contributed by atoms with van der Waals surface area (Å²) in [5.41, 5.74) is 2.62. The van der Waals surface area contributed by atoms with Gasteiger partial charge in [-0.1, -0.05) is 39.8 Å². The van der Waals surface area contributed by atoms with Crippen LogP contribution in [-0.2, 0) is 4.79 Å². The van der Waals surface area contributed by atoms with Crippen molar-refractivity contribution in [3.8, 4) is 22.8 Å². The number of anilines is 1. The molecule has 1 aromatic heterocycles. The Bertz CT molecular complexity index is 975. The van der Waals surface area contributed by atoms with Gasteiger partial charge in [0.05, 0.1) is 17.1 Å². The van der Waals surface area contributed by atoms with Gasteiger partial charge in [0.15, 0.2) is 16.7 Å². The molecule has 138 valence electrons. The first kappa shape index (κ1) is 17.9. The number of hydrogen-bond donors (Lipinski definition) is 2. The molecule has 0 bridgehead atoms. The van der Waals surface area contributed by atoms with E-state index < -0.39 is 0 Å². The van der Waals surface area contributed by atoms with Crippen LogP contribution in [0.3, 0.4) is 0 Å². The van der Waals surface area contributed by atoms with Crippen molar-refractivity contribution in [1.82, 2.24) is 9.97 Å². The largest absolute Gasteiger partial charge is 0.454 e. The fourth-order valence-corrected chi connectivity index (χ4v) is 3.63. The van der Waals surface area contributed by atoms with Gasteiger partial charge in [0, 0.05) is 16.2 Å². The van der Waals surface area contributed by atoms with Crippen LogP contribution in [0, 0.1) is 0 Å². The summed E-state index contributed by atoms with van der Waals surface area (Å²) < 4.78 is 11.6. The lowest BCUT2D eigenvalue weighted by Crippen LogP contribution is -2.22. The van der Waals surface area contributed by atoms with Crippen LogP contribution in [0.4, 0.5) is 5.69 Å². The molecule has 3 aromatic rings. The van der Waals surface area contributed by atoms with Gasteiger partial charge >= 0.3 is 0 Å². The topological polar surface area (TPSA) is 76.2 Å². The Hall–Kier alpha value is -2.45. The highest BCUT2D eigenvalue weighted by atomic mass is 79.9. The van der Waals surface area contributed by atoms with Gasteiger partial charge in [-0.05, 0) is 36.8 Å². The molecule has 1 amide bonds. The monoisotopic (exact) mass is 445 g/mol. The minimum atomic E-state index is -0.320. The van der Waals surface area contributed by atoms with Gasteiger partial charge in [0.25, 0.3) is 0 Å². The number of fused-ring (bicyclic) bond motifs is 1. The zero-order chi connectivity index (χ0) is 18.8. The maximum atomic E-state index is 12.5. The van der Waals surface area contributed by atoms with Crippen molar-refractivity contribution in [3.05, 3.63) is 53.1 Å². The molecule has 0 fully saturated rings. The predicted octanol–water partition coefficient (Wildman–Crippen LogP) is 4.69. The molecule has 2 N–H and O–H groups in total. The van der Waals surface area contributed by atoms with Crippen LogP contribution in [-0.4, -0.2) is 27.9 Å². The summed E-state index contributed by atoms with van der Waals surface area (Å²) in [6.45, 7) is 2.05. The van der Waals surface area contributed by atoms with Gasteiger partial charge in [-0.2, -0.15) is 0 Å². The predicted molar refractivity (Wildman–Crippen MR) is 108 cm³/mol. The zero-order valence-electron chi connectivity index (χ0n) is 14.4. The smallest absolute Gasteiger partial charge is 0.237 e. The van der Waals surface area contributed by atoms with E-state index in [1.165, 1.54) is 11.8 Å². The number of H-pyrrole nitrogens is 1. The first-order valence-corrected chi connectivity index (χ1v) is 9.94. The Morgan fingerprint density at radius 1 is 1.22 bits per heavy atom. The number of ether oxygens (including phenoxy) is 2. The molecule has 1 aliphatic rings. The number of imidazole rings is 1. The summed E-state index contributed by atoms with van der Waals surface area (Å²) in [7, 11) is 0. The number of benzene rings is 2. The van der Waals surface area contributed by atoms with Gasteiger partial charge in [-0.25, -0.2) is 4.98 Å². The summed E-state index contributed by atoms with van der Waals surface area (Å²) in [6, 6.07) is 13.3. The van der Waals surface area contributed by atoms with E-state index in [4.69, 9.17) is 9.47 Å². The fraction of sp³-hybridized carbons (Fsp3) is 0.158. The molecular weight excluding hydrogens is 430 g/mol. The number of carbonyl (C=O) groups is 1. The molecule has 8 heteroatoms. The molecule has 0 aliphatic carbocycles.